The molecule has 1 aromatic rings. The minimum absolute atomic E-state index is 0.456. The third-order valence-electron chi connectivity index (χ3n) is 3.75. The van der Waals surface area contributed by atoms with Crippen molar-refractivity contribution in [3.05, 3.63) is 23.8 Å². The number of anilines is 2. The summed E-state index contributed by atoms with van der Waals surface area (Å²) < 4.78 is 27.4. The lowest BCUT2D eigenvalue weighted by Gasteiger charge is -2.19. The van der Waals surface area contributed by atoms with E-state index in [-0.39, 0.29) is 0 Å². The SMILES string of the molecule is Cc1ccc(NS(=O)(=O)C(C)CNC2CC2)cc1N(C)C. The fourth-order valence-corrected chi connectivity index (χ4v) is 3.12. The van der Waals surface area contributed by atoms with E-state index in [2.05, 4.69) is 10.0 Å². The van der Waals surface area contributed by atoms with Crippen molar-refractivity contribution in [2.24, 2.45) is 0 Å². The second kappa shape index (κ2) is 6.23. The van der Waals surface area contributed by atoms with Gasteiger partial charge in [-0.1, -0.05) is 6.07 Å². The van der Waals surface area contributed by atoms with Crippen LogP contribution < -0.4 is 14.9 Å². The van der Waals surface area contributed by atoms with Gasteiger partial charge >= 0.3 is 0 Å². The summed E-state index contributed by atoms with van der Waals surface area (Å²) in [5.41, 5.74) is 2.74. The second-order valence-corrected chi connectivity index (χ2v) is 8.13. The number of hydrogen-bond acceptors (Lipinski definition) is 4. The Morgan fingerprint density at radius 3 is 2.57 bits per heavy atom. The van der Waals surface area contributed by atoms with Crippen molar-refractivity contribution < 1.29 is 8.42 Å². The zero-order valence-corrected chi connectivity index (χ0v) is 14.0. The van der Waals surface area contributed by atoms with Crippen LogP contribution in [0.2, 0.25) is 0 Å². The molecule has 0 saturated heterocycles. The molecule has 0 aliphatic heterocycles. The maximum absolute atomic E-state index is 12.3. The lowest BCUT2D eigenvalue weighted by atomic mass is 10.2. The van der Waals surface area contributed by atoms with Gasteiger partial charge in [0.1, 0.15) is 0 Å². The first kappa shape index (κ1) is 16.1. The highest BCUT2D eigenvalue weighted by Crippen LogP contribution is 2.24. The van der Waals surface area contributed by atoms with Crippen LogP contribution in [0.15, 0.2) is 18.2 Å². The van der Waals surface area contributed by atoms with Crippen molar-refractivity contribution >= 4 is 21.4 Å². The summed E-state index contributed by atoms with van der Waals surface area (Å²) in [7, 11) is 0.527. The summed E-state index contributed by atoms with van der Waals surface area (Å²) in [6, 6.07) is 6.12. The quantitative estimate of drug-likeness (QED) is 0.808. The summed E-state index contributed by atoms with van der Waals surface area (Å²) >= 11 is 0. The van der Waals surface area contributed by atoms with E-state index >= 15 is 0 Å². The van der Waals surface area contributed by atoms with Gasteiger partial charge in [-0.15, -0.1) is 0 Å². The van der Waals surface area contributed by atoms with E-state index in [1.807, 2.05) is 38.1 Å². The second-order valence-electron chi connectivity index (χ2n) is 6.04. The van der Waals surface area contributed by atoms with Crippen molar-refractivity contribution in [2.45, 2.75) is 38.0 Å². The van der Waals surface area contributed by atoms with E-state index in [1.165, 1.54) is 0 Å². The van der Waals surface area contributed by atoms with Crippen LogP contribution in [-0.2, 0) is 10.0 Å². The molecule has 2 N–H and O–H groups in total. The summed E-state index contributed by atoms with van der Waals surface area (Å²) in [5.74, 6) is 0. The van der Waals surface area contributed by atoms with Gasteiger partial charge in [-0.2, -0.15) is 0 Å². The molecule has 1 atom stereocenters. The van der Waals surface area contributed by atoms with Crippen LogP contribution in [0, 0.1) is 6.92 Å². The fourth-order valence-electron chi connectivity index (χ4n) is 2.15. The number of hydrogen-bond donors (Lipinski definition) is 2. The van der Waals surface area contributed by atoms with Gasteiger partial charge in [0.2, 0.25) is 10.0 Å². The van der Waals surface area contributed by atoms with Gasteiger partial charge in [0, 0.05) is 32.4 Å². The molecule has 118 valence electrons. The Morgan fingerprint density at radius 2 is 2.00 bits per heavy atom. The molecule has 0 amide bonds. The van der Waals surface area contributed by atoms with Gasteiger partial charge in [-0.25, -0.2) is 8.42 Å². The largest absolute Gasteiger partial charge is 0.377 e. The Labute approximate surface area is 127 Å². The molecule has 1 fully saturated rings. The van der Waals surface area contributed by atoms with Gasteiger partial charge < -0.3 is 10.2 Å². The molecule has 1 aliphatic carbocycles. The van der Waals surface area contributed by atoms with Crippen molar-refractivity contribution in [1.82, 2.24) is 5.32 Å². The van der Waals surface area contributed by atoms with E-state index in [1.54, 1.807) is 13.0 Å². The Bertz CT molecular complexity index is 595. The van der Waals surface area contributed by atoms with Crippen LogP contribution in [0.3, 0.4) is 0 Å². The first-order chi connectivity index (χ1) is 9.79. The molecule has 0 spiro atoms. The summed E-state index contributed by atoms with van der Waals surface area (Å²) in [4.78, 5) is 1.98. The summed E-state index contributed by atoms with van der Waals surface area (Å²) in [6.07, 6.45) is 2.31. The number of aryl methyl sites for hydroxylation is 1. The average molecular weight is 311 g/mol. The van der Waals surface area contributed by atoms with Crippen LogP contribution in [0.1, 0.15) is 25.3 Å². The van der Waals surface area contributed by atoms with Gasteiger partial charge in [0.05, 0.1) is 10.9 Å². The maximum Gasteiger partial charge on any atom is 0.236 e. The molecule has 21 heavy (non-hydrogen) atoms. The molecule has 0 heterocycles. The Morgan fingerprint density at radius 1 is 1.33 bits per heavy atom. The third-order valence-corrected chi connectivity index (χ3v) is 5.50. The normalized spacial score (nSPS) is 16.6. The molecule has 0 radical (unpaired) electrons. The van der Waals surface area contributed by atoms with Crippen molar-refractivity contribution in [3.8, 4) is 0 Å². The standard InChI is InChI=1S/C15H25N3O2S/c1-11-5-6-14(9-15(11)18(3)4)17-21(19,20)12(2)10-16-13-7-8-13/h5-6,9,12-13,16-17H,7-8,10H2,1-4H3. The van der Waals surface area contributed by atoms with Crippen molar-refractivity contribution in [2.75, 3.05) is 30.3 Å². The smallest absolute Gasteiger partial charge is 0.236 e. The lowest BCUT2D eigenvalue weighted by Crippen LogP contribution is -2.35. The van der Waals surface area contributed by atoms with E-state index in [0.717, 1.165) is 24.1 Å². The van der Waals surface area contributed by atoms with E-state index in [4.69, 9.17) is 0 Å². The van der Waals surface area contributed by atoms with E-state index < -0.39 is 15.3 Å². The molecule has 5 nitrogen and oxygen atoms in total. The van der Waals surface area contributed by atoms with Crippen LogP contribution in [0.4, 0.5) is 11.4 Å². The highest BCUT2D eigenvalue weighted by molar-refractivity contribution is 7.93. The highest BCUT2D eigenvalue weighted by Gasteiger charge is 2.25. The number of benzene rings is 1. The minimum atomic E-state index is -3.37. The number of sulfonamides is 1. The molecular weight excluding hydrogens is 286 g/mol. The minimum Gasteiger partial charge on any atom is -0.377 e. The number of nitrogens with zero attached hydrogens (tertiary/aromatic N) is 1. The molecule has 1 unspecified atom stereocenters. The lowest BCUT2D eigenvalue weighted by molar-refractivity contribution is 0.576. The number of rotatable bonds is 7. The van der Waals surface area contributed by atoms with E-state index in [0.29, 0.717) is 18.3 Å². The summed E-state index contributed by atoms with van der Waals surface area (Å²) in [5, 5.41) is 2.80. The first-order valence-corrected chi connectivity index (χ1v) is 8.87. The molecule has 1 aromatic carbocycles. The van der Waals surface area contributed by atoms with Gasteiger partial charge in [0.15, 0.2) is 0 Å². The molecular formula is C15H25N3O2S. The molecule has 0 aromatic heterocycles. The zero-order chi connectivity index (χ0) is 15.6. The molecule has 1 saturated carbocycles. The van der Waals surface area contributed by atoms with E-state index in [9.17, 15) is 8.42 Å². The predicted octanol–water partition coefficient (Wildman–Crippen LogP) is 1.94. The fraction of sp³-hybridized carbons (Fsp3) is 0.600. The Hall–Kier alpha value is -1.27. The van der Waals surface area contributed by atoms with Crippen molar-refractivity contribution in [1.29, 1.82) is 0 Å². The first-order valence-electron chi connectivity index (χ1n) is 7.32. The Balaban J connectivity index is 2.06. The zero-order valence-electron chi connectivity index (χ0n) is 13.2. The van der Waals surface area contributed by atoms with Gasteiger partial charge in [0.25, 0.3) is 0 Å². The predicted molar refractivity (Wildman–Crippen MR) is 88.5 cm³/mol. The summed E-state index contributed by atoms with van der Waals surface area (Å²) in [6.45, 7) is 4.24. The van der Waals surface area contributed by atoms with Crippen molar-refractivity contribution in [3.63, 3.8) is 0 Å². The van der Waals surface area contributed by atoms with Crippen LogP contribution in [0.25, 0.3) is 0 Å². The average Bonchev–Trinajstić information content (AvgIpc) is 3.21. The van der Waals surface area contributed by atoms with Crippen LogP contribution in [-0.4, -0.2) is 40.3 Å². The topological polar surface area (TPSA) is 61.4 Å². The molecule has 6 heteroatoms. The van der Waals surface area contributed by atoms with Gasteiger partial charge in [-0.05, 0) is 44.4 Å². The van der Waals surface area contributed by atoms with Gasteiger partial charge in [-0.3, -0.25) is 4.72 Å². The number of nitrogens with one attached hydrogen (secondary N) is 2. The molecule has 2 rings (SSSR count). The Kier molecular flexibility index (Phi) is 4.78. The molecule has 0 bridgehead atoms. The van der Waals surface area contributed by atoms with Crippen LogP contribution >= 0.6 is 0 Å². The molecule has 1 aliphatic rings. The third kappa shape index (κ3) is 4.35. The monoisotopic (exact) mass is 311 g/mol. The highest BCUT2D eigenvalue weighted by atomic mass is 32.2. The maximum atomic E-state index is 12.3. The van der Waals surface area contributed by atoms with Crippen LogP contribution in [0.5, 0.6) is 0 Å².